The second kappa shape index (κ2) is 6.29. The predicted octanol–water partition coefficient (Wildman–Crippen LogP) is 2.61. The first-order chi connectivity index (χ1) is 8.73. The summed E-state index contributed by atoms with van der Waals surface area (Å²) in [5, 5.41) is 3.63. The molecular formula is C14H26N2OS. The van der Waals surface area contributed by atoms with Gasteiger partial charge in [-0.25, -0.2) is 0 Å². The van der Waals surface area contributed by atoms with Gasteiger partial charge >= 0.3 is 0 Å². The molecule has 0 aromatic rings. The van der Waals surface area contributed by atoms with Crippen molar-refractivity contribution in [2.24, 2.45) is 0 Å². The Morgan fingerprint density at radius 3 is 2.72 bits per heavy atom. The maximum absolute atomic E-state index is 12.6. The molecule has 1 unspecified atom stereocenters. The maximum Gasteiger partial charge on any atom is 0.244 e. The number of nitrogens with one attached hydrogen (secondary N) is 1. The Bertz CT molecular complexity index is 290. The Kier molecular flexibility index (Phi) is 4.96. The number of carbonyl (C=O) groups is 1. The molecule has 1 aliphatic carbocycles. The van der Waals surface area contributed by atoms with Gasteiger partial charge < -0.3 is 4.90 Å². The summed E-state index contributed by atoms with van der Waals surface area (Å²) in [6.45, 7) is 5.29. The molecule has 1 spiro atoms. The highest BCUT2D eigenvalue weighted by molar-refractivity contribution is 7.99. The van der Waals surface area contributed by atoms with Crippen LogP contribution in [0.15, 0.2) is 0 Å². The summed E-state index contributed by atoms with van der Waals surface area (Å²) in [4.78, 5) is 14.7. The third kappa shape index (κ3) is 2.69. The lowest BCUT2D eigenvalue weighted by Crippen LogP contribution is -2.44. The Hall–Kier alpha value is -0.220. The second-order valence-electron chi connectivity index (χ2n) is 5.41. The zero-order chi connectivity index (χ0) is 13.0. The van der Waals surface area contributed by atoms with Crippen LogP contribution in [-0.2, 0) is 4.79 Å². The lowest BCUT2D eigenvalue weighted by molar-refractivity contribution is -0.133. The van der Waals surface area contributed by atoms with E-state index in [1.807, 2.05) is 11.8 Å². The van der Waals surface area contributed by atoms with Crippen LogP contribution < -0.4 is 5.32 Å². The van der Waals surface area contributed by atoms with E-state index in [2.05, 4.69) is 24.1 Å². The molecule has 18 heavy (non-hydrogen) atoms. The van der Waals surface area contributed by atoms with E-state index < -0.39 is 0 Å². The Morgan fingerprint density at radius 1 is 1.39 bits per heavy atom. The fourth-order valence-electron chi connectivity index (χ4n) is 3.27. The molecule has 1 aliphatic heterocycles. The van der Waals surface area contributed by atoms with E-state index in [9.17, 15) is 4.79 Å². The van der Waals surface area contributed by atoms with Crippen LogP contribution in [0.2, 0.25) is 0 Å². The summed E-state index contributed by atoms with van der Waals surface area (Å²) in [5.41, 5.74) is -0.182. The molecule has 0 aromatic carbocycles. The minimum atomic E-state index is -0.182. The first kappa shape index (κ1) is 14.2. The first-order valence-corrected chi connectivity index (χ1v) is 8.55. The number of thioether (sulfide) groups is 1. The molecule has 1 amide bonds. The van der Waals surface area contributed by atoms with Crippen molar-refractivity contribution in [2.75, 3.05) is 18.1 Å². The monoisotopic (exact) mass is 270 g/mol. The third-order valence-corrected chi connectivity index (χ3v) is 5.21. The van der Waals surface area contributed by atoms with E-state index in [1.54, 1.807) is 0 Å². The lowest BCUT2D eigenvalue weighted by Gasteiger charge is -2.23. The fourth-order valence-corrected chi connectivity index (χ4v) is 3.89. The maximum atomic E-state index is 12.6. The van der Waals surface area contributed by atoms with Gasteiger partial charge in [0.05, 0.1) is 11.7 Å². The standard InChI is InChI=1S/C14H26N2OS/c1-3-12-15-14(8-5-6-9-14)13(17)16(12)10-7-11-18-4-2/h12,15H,3-11H2,1-2H3. The molecule has 2 fully saturated rings. The molecule has 1 saturated carbocycles. The molecule has 4 heteroatoms. The average molecular weight is 270 g/mol. The minimum Gasteiger partial charge on any atom is -0.326 e. The van der Waals surface area contributed by atoms with E-state index in [4.69, 9.17) is 0 Å². The summed E-state index contributed by atoms with van der Waals surface area (Å²) in [5.74, 6) is 2.73. The van der Waals surface area contributed by atoms with Crippen LogP contribution in [-0.4, -0.2) is 40.6 Å². The third-order valence-electron chi connectivity index (χ3n) is 4.22. The van der Waals surface area contributed by atoms with Gasteiger partial charge in [-0.3, -0.25) is 10.1 Å². The smallest absolute Gasteiger partial charge is 0.244 e. The Morgan fingerprint density at radius 2 is 2.11 bits per heavy atom. The molecule has 1 saturated heterocycles. The van der Waals surface area contributed by atoms with Gasteiger partial charge in [0.25, 0.3) is 0 Å². The van der Waals surface area contributed by atoms with Crippen LogP contribution in [0.1, 0.15) is 52.4 Å². The SMILES string of the molecule is CCSCCCN1C(=O)C2(CCCC2)NC1CC. The van der Waals surface area contributed by atoms with Crippen molar-refractivity contribution in [2.45, 2.75) is 64.1 Å². The fraction of sp³-hybridized carbons (Fsp3) is 0.929. The van der Waals surface area contributed by atoms with Crippen molar-refractivity contribution in [1.29, 1.82) is 0 Å². The van der Waals surface area contributed by atoms with Crippen LogP contribution in [0.25, 0.3) is 0 Å². The normalized spacial score (nSPS) is 26.4. The number of hydrogen-bond acceptors (Lipinski definition) is 3. The number of rotatable bonds is 6. The van der Waals surface area contributed by atoms with Crippen LogP contribution in [0, 0.1) is 0 Å². The van der Waals surface area contributed by atoms with Gasteiger partial charge in [0, 0.05) is 6.54 Å². The molecule has 1 heterocycles. The average Bonchev–Trinajstić information content (AvgIpc) is 2.95. The highest BCUT2D eigenvalue weighted by atomic mass is 32.2. The highest BCUT2D eigenvalue weighted by Gasteiger charge is 2.51. The van der Waals surface area contributed by atoms with Gasteiger partial charge in [-0.05, 0) is 37.2 Å². The van der Waals surface area contributed by atoms with Gasteiger partial charge in [-0.1, -0.05) is 26.7 Å². The van der Waals surface area contributed by atoms with Gasteiger partial charge in [0.1, 0.15) is 0 Å². The van der Waals surface area contributed by atoms with E-state index in [1.165, 1.54) is 24.3 Å². The van der Waals surface area contributed by atoms with Crippen molar-refractivity contribution in [3.63, 3.8) is 0 Å². The summed E-state index contributed by atoms with van der Waals surface area (Å²) in [7, 11) is 0. The molecule has 0 aromatic heterocycles. The number of hydrogen-bond donors (Lipinski definition) is 1. The Labute approximate surface area is 115 Å². The van der Waals surface area contributed by atoms with Crippen LogP contribution in [0.4, 0.5) is 0 Å². The minimum absolute atomic E-state index is 0.182. The molecule has 104 valence electrons. The zero-order valence-electron chi connectivity index (χ0n) is 11.7. The van der Waals surface area contributed by atoms with Crippen molar-refractivity contribution in [1.82, 2.24) is 10.2 Å². The summed E-state index contributed by atoms with van der Waals surface area (Å²) in [6.07, 6.45) is 6.92. The number of amides is 1. The van der Waals surface area contributed by atoms with Gasteiger partial charge in [-0.2, -0.15) is 11.8 Å². The number of nitrogens with zero attached hydrogens (tertiary/aromatic N) is 1. The molecule has 0 radical (unpaired) electrons. The van der Waals surface area contributed by atoms with E-state index >= 15 is 0 Å². The second-order valence-corrected chi connectivity index (χ2v) is 6.80. The largest absolute Gasteiger partial charge is 0.326 e. The van der Waals surface area contributed by atoms with Crippen LogP contribution in [0.5, 0.6) is 0 Å². The lowest BCUT2D eigenvalue weighted by atomic mass is 9.98. The molecule has 1 atom stereocenters. The van der Waals surface area contributed by atoms with Gasteiger partial charge in [0.15, 0.2) is 0 Å². The van der Waals surface area contributed by atoms with E-state index in [-0.39, 0.29) is 11.7 Å². The summed E-state index contributed by atoms with van der Waals surface area (Å²) >= 11 is 1.97. The first-order valence-electron chi connectivity index (χ1n) is 7.40. The predicted molar refractivity (Wildman–Crippen MR) is 77.7 cm³/mol. The van der Waals surface area contributed by atoms with Crippen molar-refractivity contribution >= 4 is 17.7 Å². The summed E-state index contributed by atoms with van der Waals surface area (Å²) in [6, 6.07) is 0. The van der Waals surface area contributed by atoms with Gasteiger partial charge in [-0.15, -0.1) is 0 Å². The summed E-state index contributed by atoms with van der Waals surface area (Å²) < 4.78 is 0. The van der Waals surface area contributed by atoms with E-state index in [0.717, 1.165) is 32.2 Å². The highest BCUT2D eigenvalue weighted by Crippen LogP contribution is 2.36. The molecular weight excluding hydrogens is 244 g/mol. The van der Waals surface area contributed by atoms with Gasteiger partial charge in [0.2, 0.25) is 5.91 Å². The molecule has 2 rings (SSSR count). The van der Waals surface area contributed by atoms with Crippen LogP contribution >= 0.6 is 11.8 Å². The molecule has 1 N–H and O–H groups in total. The molecule has 3 nitrogen and oxygen atoms in total. The topological polar surface area (TPSA) is 32.3 Å². The Balaban J connectivity index is 1.93. The number of carbonyl (C=O) groups excluding carboxylic acids is 1. The van der Waals surface area contributed by atoms with Crippen LogP contribution in [0.3, 0.4) is 0 Å². The van der Waals surface area contributed by atoms with Crippen molar-refractivity contribution < 1.29 is 4.79 Å². The van der Waals surface area contributed by atoms with Crippen molar-refractivity contribution in [3.05, 3.63) is 0 Å². The quantitative estimate of drug-likeness (QED) is 0.753. The zero-order valence-corrected chi connectivity index (χ0v) is 12.5. The molecule has 2 aliphatic rings. The molecule has 0 bridgehead atoms. The van der Waals surface area contributed by atoms with Crippen molar-refractivity contribution in [3.8, 4) is 0 Å². The van der Waals surface area contributed by atoms with E-state index in [0.29, 0.717) is 5.91 Å².